The zero-order valence-corrected chi connectivity index (χ0v) is 9.07. The maximum atomic E-state index is 12.4. The summed E-state index contributed by atoms with van der Waals surface area (Å²) in [4.78, 5) is 1.86. The first-order valence-electron chi connectivity index (χ1n) is 5.52. The minimum atomic E-state index is -2.26. The van der Waals surface area contributed by atoms with Gasteiger partial charge in [-0.1, -0.05) is 12.1 Å². The number of anilines is 1. The van der Waals surface area contributed by atoms with Crippen molar-refractivity contribution in [1.82, 2.24) is 4.90 Å². The third kappa shape index (κ3) is 3.17. The highest BCUT2D eigenvalue weighted by Gasteiger charge is 2.30. The Balaban J connectivity index is 1.96. The summed E-state index contributed by atoms with van der Waals surface area (Å²) in [6.07, 6.45) is -0.169. The Morgan fingerprint density at radius 2 is 1.88 bits per heavy atom. The summed E-state index contributed by atoms with van der Waals surface area (Å²) in [5.41, 5.74) is 7.32. The normalized spacial score (nSPS) is 16.0. The molecule has 0 atom stereocenters. The summed E-state index contributed by atoms with van der Waals surface area (Å²) in [6.45, 7) is 0.463. The van der Waals surface area contributed by atoms with Crippen molar-refractivity contribution >= 4 is 5.69 Å². The van der Waals surface area contributed by atoms with E-state index in [-0.39, 0.29) is 6.54 Å². The molecule has 1 aliphatic rings. The van der Waals surface area contributed by atoms with Crippen LogP contribution in [0.25, 0.3) is 0 Å². The quantitative estimate of drug-likeness (QED) is 0.782. The van der Waals surface area contributed by atoms with Crippen LogP contribution in [0.5, 0.6) is 0 Å². The van der Waals surface area contributed by atoms with Crippen LogP contribution in [0.3, 0.4) is 0 Å². The summed E-state index contributed by atoms with van der Waals surface area (Å²) < 4.78 is 24.8. The van der Waals surface area contributed by atoms with Gasteiger partial charge in [0.25, 0.3) is 6.43 Å². The molecule has 2 nitrogen and oxygen atoms in total. The van der Waals surface area contributed by atoms with Crippen LogP contribution in [0.2, 0.25) is 0 Å². The summed E-state index contributed by atoms with van der Waals surface area (Å²) in [7, 11) is 0. The van der Waals surface area contributed by atoms with Crippen molar-refractivity contribution in [2.75, 3.05) is 12.3 Å². The van der Waals surface area contributed by atoms with Crippen molar-refractivity contribution in [3.8, 4) is 0 Å². The number of benzene rings is 1. The molecule has 0 amide bonds. The highest BCUT2D eigenvalue weighted by Crippen LogP contribution is 2.28. The number of hydrogen-bond acceptors (Lipinski definition) is 2. The van der Waals surface area contributed by atoms with Crippen molar-refractivity contribution in [3.63, 3.8) is 0 Å². The first kappa shape index (κ1) is 11.3. The molecule has 1 aromatic rings. The minimum Gasteiger partial charge on any atom is -0.399 e. The van der Waals surface area contributed by atoms with E-state index in [1.807, 2.05) is 29.2 Å². The molecule has 1 aromatic carbocycles. The van der Waals surface area contributed by atoms with Gasteiger partial charge in [0.2, 0.25) is 0 Å². The van der Waals surface area contributed by atoms with Gasteiger partial charge >= 0.3 is 0 Å². The molecule has 1 aliphatic carbocycles. The largest absolute Gasteiger partial charge is 0.399 e. The Morgan fingerprint density at radius 1 is 1.25 bits per heavy atom. The molecular weight excluding hydrogens is 210 g/mol. The molecule has 0 heterocycles. The molecule has 4 heteroatoms. The highest BCUT2D eigenvalue weighted by atomic mass is 19.3. The number of nitrogens with zero attached hydrogens (tertiary/aromatic N) is 1. The van der Waals surface area contributed by atoms with Crippen LogP contribution in [-0.2, 0) is 6.54 Å². The lowest BCUT2D eigenvalue weighted by Crippen LogP contribution is -2.30. The van der Waals surface area contributed by atoms with E-state index < -0.39 is 6.43 Å². The molecule has 0 bridgehead atoms. The Morgan fingerprint density at radius 3 is 2.38 bits per heavy atom. The van der Waals surface area contributed by atoms with Gasteiger partial charge < -0.3 is 5.73 Å². The van der Waals surface area contributed by atoms with E-state index in [2.05, 4.69) is 0 Å². The van der Waals surface area contributed by atoms with Gasteiger partial charge in [-0.2, -0.15) is 0 Å². The Kier molecular flexibility index (Phi) is 3.39. The molecule has 0 radical (unpaired) electrons. The topological polar surface area (TPSA) is 29.3 Å². The lowest BCUT2D eigenvalue weighted by atomic mass is 10.2. The number of halogens is 2. The van der Waals surface area contributed by atoms with Gasteiger partial charge in [0.1, 0.15) is 0 Å². The Bertz CT molecular complexity index is 333. The SMILES string of the molecule is Nc1ccc(CN(CC(F)F)C2CC2)cc1. The first-order valence-corrected chi connectivity index (χ1v) is 5.52. The summed E-state index contributed by atoms with van der Waals surface area (Å²) in [5, 5.41) is 0. The molecule has 0 aliphatic heterocycles. The summed E-state index contributed by atoms with van der Waals surface area (Å²) in [5.74, 6) is 0. The van der Waals surface area contributed by atoms with Crippen molar-refractivity contribution < 1.29 is 8.78 Å². The first-order chi connectivity index (χ1) is 7.65. The fourth-order valence-electron chi connectivity index (χ4n) is 1.82. The predicted molar refractivity (Wildman–Crippen MR) is 60.3 cm³/mol. The average Bonchev–Trinajstić information content (AvgIpc) is 3.03. The molecular formula is C12H16F2N2. The van der Waals surface area contributed by atoms with E-state index in [1.54, 1.807) is 0 Å². The molecule has 1 fully saturated rings. The van der Waals surface area contributed by atoms with Crippen LogP contribution in [0, 0.1) is 0 Å². The zero-order chi connectivity index (χ0) is 11.5. The van der Waals surface area contributed by atoms with Crippen LogP contribution in [0.15, 0.2) is 24.3 Å². The summed E-state index contributed by atoms with van der Waals surface area (Å²) >= 11 is 0. The van der Waals surface area contributed by atoms with E-state index in [9.17, 15) is 8.78 Å². The van der Waals surface area contributed by atoms with Crippen LogP contribution >= 0.6 is 0 Å². The van der Waals surface area contributed by atoms with E-state index in [0.717, 1.165) is 18.4 Å². The van der Waals surface area contributed by atoms with Crippen molar-refractivity contribution in [1.29, 1.82) is 0 Å². The van der Waals surface area contributed by atoms with Gasteiger partial charge in [-0.3, -0.25) is 4.90 Å². The molecule has 88 valence electrons. The smallest absolute Gasteiger partial charge is 0.251 e. The number of nitrogens with two attached hydrogens (primary N) is 1. The van der Waals surface area contributed by atoms with Gasteiger partial charge in [0.15, 0.2) is 0 Å². The third-order valence-corrected chi connectivity index (χ3v) is 2.80. The molecule has 2 rings (SSSR count). The number of rotatable bonds is 5. The van der Waals surface area contributed by atoms with Crippen LogP contribution < -0.4 is 5.73 Å². The number of hydrogen-bond donors (Lipinski definition) is 1. The highest BCUT2D eigenvalue weighted by molar-refractivity contribution is 5.39. The monoisotopic (exact) mass is 226 g/mol. The predicted octanol–water partition coefficient (Wildman–Crippen LogP) is 2.50. The number of alkyl halides is 2. The van der Waals surface area contributed by atoms with Gasteiger partial charge in [0, 0.05) is 18.3 Å². The molecule has 0 saturated heterocycles. The Labute approximate surface area is 94.0 Å². The lowest BCUT2D eigenvalue weighted by Gasteiger charge is -2.21. The van der Waals surface area contributed by atoms with Gasteiger partial charge in [-0.05, 0) is 30.5 Å². The Hall–Kier alpha value is -1.16. The van der Waals surface area contributed by atoms with Gasteiger partial charge in [-0.15, -0.1) is 0 Å². The van der Waals surface area contributed by atoms with Crippen LogP contribution in [0.4, 0.5) is 14.5 Å². The second-order valence-electron chi connectivity index (χ2n) is 4.29. The van der Waals surface area contributed by atoms with E-state index in [4.69, 9.17) is 5.73 Å². The van der Waals surface area contributed by atoms with Gasteiger partial charge in [-0.25, -0.2) is 8.78 Å². The lowest BCUT2D eigenvalue weighted by molar-refractivity contribution is 0.0806. The fraction of sp³-hybridized carbons (Fsp3) is 0.500. The van der Waals surface area contributed by atoms with E-state index >= 15 is 0 Å². The standard InChI is InChI=1S/C12H16F2N2/c13-12(14)8-16(11-5-6-11)7-9-1-3-10(15)4-2-9/h1-4,11-12H,5-8,15H2. The second kappa shape index (κ2) is 4.78. The van der Waals surface area contributed by atoms with Gasteiger partial charge in [0.05, 0.1) is 6.54 Å². The van der Waals surface area contributed by atoms with Crippen LogP contribution in [-0.4, -0.2) is 23.9 Å². The molecule has 16 heavy (non-hydrogen) atoms. The van der Waals surface area contributed by atoms with E-state index in [1.165, 1.54) is 0 Å². The fourth-order valence-corrected chi connectivity index (χ4v) is 1.82. The minimum absolute atomic E-state index is 0.130. The van der Waals surface area contributed by atoms with Crippen molar-refractivity contribution in [3.05, 3.63) is 29.8 Å². The third-order valence-electron chi connectivity index (χ3n) is 2.80. The molecule has 0 unspecified atom stereocenters. The number of nitrogen functional groups attached to an aromatic ring is 1. The maximum Gasteiger partial charge on any atom is 0.251 e. The maximum absolute atomic E-state index is 12.4. The second-order valence-corrected chi connectivity index (χ2v) is 4.29. The van der Waals surface area contributed by atoms with Crippen molar-refractivity contribution in [2.45, 2.75) is 31.9 Å². The van der Waals surface area contributed by atoms with E-state index in [0.29, 0.717) is 18.3 Å². The van der Waals surface area contributed by atoms with Crippen LogP contribution in [0.1, 0.15) is 18.4 Å². The molecule has 0 aromatic heterocycles. The summed E-state index contributed by atoms with van der Waals surface area (Å²) in [6, 6.07) is 7.77. The molecule has 2 N–H and O–H groups in total. The molecule has 1 saturated carbocycles. The average molecular weight is 226 g/mol. The van der Waals surface area contributed by atoms with Crippen molar-refractivity contribution in [2.24, 2.45) is 0 Å². The molecule has 0 spiro atoms. The zero-order valence-electron chi connectivity index (χ0n) is 9.07.